The Morgan fingerprint density at radius 3 is 2.56 bits per heavy atom. The molecule has 1 saturated heterocycles. The SMILES string of the molecule is CCCCC(=O)Nc1ccc(C2OCCO2)cc1. The monoisotopic (exact) mass is 249 g/mol. The number of anilines is 1. The minimum Gasteiger partial charge on any atom is -0.346 e. The molecule has 0 atom stereocenters. The van der Waals surface area contributed by atoms with E-state index in [0.29, 0.717) is 19.6 Å². The number of rotatable bonds is 5. The zero-order valence-electron chi connectivity index (χ0n) is 10.6. The summed E-state index contributed by atoms with van der Waals surface area (Å²) in [6.07, 6.45) is 2.28. The van der Waals surface area contributed by atoms with E-state index in [-0.39, 0.29) is 12.2 Å². The first-order chi connectivity index (χ1) is 8.79. The van der Waals surface area contributed by atoms with Crippen LogP contribution in [0.1, 0.15) is 38.0 Å². The molecule has 2 rings (SSSR count). The molecule has 4 nitrogen and oxygen atoms in total. The highest BCUT2D eigenvalue weighted by Gasteiger charge is 2.17. The van der Waals surface area contributed by atoms with Gasteiger partial charge in [0.1, 0.15) is 0 Å². The van der Waals surface area contributed by atoms with Gasteiger partial charge in [0.15, 0.2) is 6.29 Å². The Kier molecular flexibility index (Phi) is 4.73. The van der Waals surface area contributed by atoms with E-state index in [9.17, 15) is 4.79 Å². The highest BCUT2D eigenvalue weighted by Crippen LogP contribution is 2.24. The van der Waals surface area contributed by atoms with Gasteiger partial charge in [0.2, 0.25) is 5.91 Å². The number of hydrogen-bond donors (Lipinski definition) is 1. The summed E-state index contributed by atoms with van der Waals surface area (Å²) in [5.74, 6) is 0.0676. The molecule has 0 aliphatic carbocycles. The lowest BCUT2D eigenvalue weighted by Crippen LogP contribution is -2.11. The van der Waals surface area contributed by atoms with Crippen molar-refractivity contribution in [3.63, 3.8) is 0 Å². The van der Waals surface area contributed by atoms with Crippen molar-refractivity contribution < 1.29 is 14.3 Å². The van der Waals surface area contributed by atoms with Gasteiger partial charge in [-0.3, -0.25) is 4.79 Å². The number of nitrogens with one attached hydrogen (secondary N) is 1. The summed E-state index contributed by atoms with van der Waals surface area (Å²) in [5.41, 5.74) is 1.80. The van der Waals surface area contributed by atoms with E-state index in [1.54, 1.807) is 0 Å². The molecule has 1 aliphatic heterocycles. The summed E-state index contributed by atoms with van der Waals surface area (Å²) in [7, 11) is 0. The molecule has 18 heavy (non-hydrogen) atoms. The molecule has 4 heteroatoms. The summed E-state index contributed by atoms with van der Waals surface area (Å²) in [6.45, 7) is 3.35. The van der Waals surface area contributed by atoms with Crippen LogP contribution in [-0.2, 0) is 14.3 Å². The molecule has 0 saturated carbocycles. The van der Waals surface area contributed by atoms with E-state index in [1.165, 1.54) is 0 Å². The van der Waals surface area contributed by atoms with Gasteiger partial charge in [-0.05, 0) is 18.6 Å². The largest absolute Gasteiger partial charge is 0.346 e. The lowest BCUT2D eigenvalue weighted by Gasteiger charge is -2.10. The molecule has 0 aromatic heterocycles. The fourth-order valence-electron chi connectivity index (χ4n) is 1.84. The van der Waals surface area contributed by atoms with E-state index >= 15 is 0 Å². The van der Waals surface area contributed by atoms with Crippen molar-refractivity contribution in [2.75, 3.05) is 18.5 Å². The van der Waals surface area contributed by atoms with Gasteiger partial charge in [-0.25, -0.2) is 0 Å². The minimum absolute atomic E-state index is 0.0676. The highest BCUT2D eigenvalue weighted by atomic mass is 16.7. The van der Waals surface area contributed by atoms with E-state index in [2.05, 4.69) is 12.2 Å². The van der Waals surface area contributed by atoms with Gasteiger partial charge in [0.25, 0.3) is 0 Å². The smallest absolute Gasteiger partial charge is 0.224 e. The van der Waals surface area contributed by atoms with Crippen molar-refractivity contribution in [3.05, 3.63) is 29.8 Å². The van der Waals surface area contributed by atoms with Crippen molar-refractivity contribution >= 4 is 11.6 Å². The van der Waals surface area contributed by atoms with Gasteiger partial charge in [-0.1, -0.05) is 25.5 Å². The Bertz CT molecular complexity index is 383. The second-order valence-electron chi connectivity index (χ2n) is 4.35. The Hall–Kier alpha value is -1.39. The predicted molar refractivity (Wildman–Crippen MR) is 69.2 cm³/mol. The summed E-state index contributed by atoms with van der Waals surface area (Å²) in [6, 6.07) is 7.60. The molecule has 1 amide bonds. The first-order valence-corrected chi connectivity index (χ1v) is 6.42. The minimum atomic E-state index is -0.255. The van der Waals surface area contributed by atoms with Crippen molar-refractivity contribution in [2.24, 2.45) is 0 Å². The van der Waals surface area contributed by atoms with E-state index < -0.39 is 0 Å². The molecular weight excluding hydrogens is 230 g/mol. The van der Waals surface area contributed by atoms with Crippen molar-refractivity contribution in [2.45, 2.75) is 32.5 Å². The van der Waals surface area contributed by atoms with Crippen LogP contribution in [0.2, 0.25) is 0 Å². The molecule has 1 heterocycles. The number of carbonyl (C=O) groups is 1. The standard InChI is InChI=1S/C14H19NO3/c1-2-3-4-13(16)15-12-7-5-11(6-8-12)14-17-9-10-18-14/h5-8,14H,2-4,9-10H2,1H3,(H,15,16). The maximum absolute atomic E-state index is 11.6. The van der Waals surface area contributed by atoms with Crippen LogP contribution in [0.15, 0.2) is 24.3 Å². The van der Waals surface area contributed by atoms with E-state index in [4.69, 9.17) is 9.47 Å². The van der Waals surface area contributed by atoms with Gasteiger partial charge in [-0.15, -0.1) is 0 Å². The van der Waals surface area contributed by atoms with E-state index in [1.807, 2.05) is 24.3 Å². The molecule has 1 aliphatic rings. The number of benzene rings is 1. The average molecular weight is 249 g/mol. The number of hydrogen-bond acceptors (Lipinski definition) is 3. The molecule has 0 bridgehead atoms. The first-order valence-electron chi connectivity index (χ1n) is 6.42. The summed E-state index contributed by atoms with van der Waals surface area (Å²) < 4.78 is 10.8. The van der Waals surface area contributed by atoms with Crippen LogP contribution in [-0.4, -0.2) is 19.1 Å². The molecule has 1 aromatic carbocycles. The fraction of sp³-hybridized carbons (Fsp3) is 0.500. The zero-order chi connectivity index (χ0) is 12.8. The van der Waals surface area contributed by atoms with Crippen LogP contribution < -0.4 is 5.32 Å². The predicted octanol–water partition coefficient (Wildman–Crippen LogP) is 2.86. The second kappa shape index (κ2) is 6.52. The summed E-state index contributed by atoms with van der Waals surface area (Å²) >= 11 is 0. The molecule has 1 N–H and O–H groups in total. The molecule has 1 aromatic rings. The molecular formula is C14H19NO3. The molecule has 0 radical (unpaired) electrons. The Labute approximate surface area is 107 Å². The number of unbranched alkanes of at least 4 members (excludes halogenated alkanes) is 1. The normalized spacial score (nSPS) is 15.8. The van der Waals surface area contributed by atoms with Crippen LogP contribution >= 0.6 is 0 Å². The topological polar surface area (TPSA) is 47.6 Å². The summed E-state index contributed by atoms with van der Waals surface area (Å²) in [5, 5.41) is 2.87. The maximum Gasteiger partial charge on any atom is 0.224 e. The Balaban J connectivity index is 1.88. The van der Waals surface area contributed by atoms with Crippen LogP contribution in [0.4, 0.5) is 5.69 Å². The number of ether oxygens (including phenoxy) is 2. The zero-order valence-corrected chi connectivity index (χ0v) is 10.6. The van der Waals surface area contributed by atoms with Gasteiger partial charge in [0, 0.05) is 17.7 Å². The second-order valence-corrected chi connectivity index (χ2v) is 4.35. The summed E-state index contributed by atoms with van der Waals surface area (Å²) in [4.78, 5) is 11.6. The lowest BCUT2D eigenvalue weighted by atomic mass is 10.2. The van der Waals surface area contributed by atoms with Crippen molar-refractivity contribution in [1.29, 1.82) is 0 Å². The van der Waals surface area contributed by atoms with Crippen LogP contribution in [0.25, 0.3) is 0 Å². The van der Waals surface area contributed by atoms with Gasteiger partial charge >= 0.3 is 0 Å². The van der Waals surface area contributed by atoms with Crippen LogP contribution in [0.3, 0.4) is 0 Å². The van der Waals surface area contributed by atoms with Crippen molar-refractivity contribution in [3.8, 4) is 0 Å². The van der Waals surface area contributed by atoms with Gasteiger partial charge in [-0.2, -0.15) is 0 Å². The van der Waals surface area contributed by atoms with Crippen molar-refractivity contribution in [1.82, 2.24) is 0 Å². The third kappa shape index (κ3) is 3.55. The number of carbonyl (C=O) groups excluding carboxylic acids is 1. The fourth-order valence-corrected chi connectivity index (χ4v) is 1.84. The van der Waals surface area contributed by atoms with Crippen LogP contribution in [0, 0.1) is 0 Å². The highest BCUT2D eigenvalue weighted by molar-refractivity contribution is 5.90. The molecule has 1 fully saturated rings. The maximum atomic E-state index is 11.6. The number of amides is 1. The molecule has 0 spiro atoms. The molecule has 0 unspecified atom stereocenters. The third-order valence-corrected chi connectivity index (χ3v) is 2.85. The van der Waals surface area contributed by atoms with Gasteiger partial charge < -0.3 is 14.8 Å². The third-order valence-electron chi connectivity index (χ3n) is 2.85. The molecule has 98 valence electrons. The van der Waals surface area contributed by atoms with E-state index in [0.717, 1.165) is 24.1 Å². The van der Waals surface area contributed by atoms with Crippen LogP contribution in [0.5, 0.6) is 0 Å². The Morgan fingerprint density at radius 1 is 1.28 bits per heavy atom. The average Bonchev–Trinajstić information content (AvgIpc) is 2.91. The quantitative estimate of drug-likeness (QED) is 0.872. The lowest BCUT2D eigenvalue weighted by molar-refractivity contribution is -0.116. The Morgan fingerprint density at radius 2 is 1.94 bits per heavy atom. The first kappa shape index (κ1) is 13.1. The van der Waals surface area contributed by atoms with Gasteiger partial charge in [0.05, 0.1) is 13.2 Å².